The SMILES string of the molecule is Cn1cccc1C(=O)N1CCn2c(nnc2C(=O)N2CCCCC2)C1. The molecule has 0 aliphatic carbocycles. The smallest absolute Gasteiger partial charge is 0.291 e. The van der Waals surface area contributed by atoms with E-state index in [4.69, 9.17) is 0 Å². The molecule has 0 saturated carbocycles. The second kappa shape index (κ2) is 6.34. The molecule has 1 saturated heterocycles. The minimum Gasteiger partial charge on any atom is -0.347 e. The Morgan fingerprint density at radius 2 is 1.76 bits per heavy atom. The summed E-state index contributed by atoms with van der Waals surface area (Å²) in [5.74, 6) is 1.02. The van der Waals surface area contributed by atoms with Gasteiger partial charge >= 0.3 is 0 Å². The number of aromatic nitrogens is 4. The molecule has 8 heteroatoms. The summed E-state index contributed by atoms with van der Waals surface area (Å²) >= 11 is 0. The van der Waals surface area contributed by atoms with Gasteiger partial charge in [0.2, 0.25) is 5.82 Å². The average Bonchev–Trinajstić information content (AvgIpc) is 3.26. The Kier molecular flexibility index (Phi) is 4.03. The Morgan fingerprint density at radius 1 is 0.960 bits per heavy atom. The van der Waals surface area contributed by atoms with E-state index in [1.165, 1.54) is 6.42 Å². The topological polar surface area (TPSA) is 76.3 Å². The molecule has 8 nitrogen and oxygen atoms in total. The maximum atomic E-state index is 12.7. The van der Waals surface area contributed by atoms with Crippen LogP contribution in [0.15, 0.2) is 18.3 Å². The molecule has 0 aromatic carbocycles. The molecular formula is C17H22N6O2. The van der Waals surface area contributed by atoms with Gasteiger partial charge < -0.3 is 18.9 Å². The number of carbonyl (C=O) groups excluding carboxylic acids is 2. The number of hydrogen-bond acceptors (Lipinski definition) is 4. The van der Waals surface area contributed by atoms with Gasteiger partial charge in [-0.05, 0) is 31.4 Å². The van der Waals surface area contributed by atoms with E-state index in [1.54, 1.807) is 4.90 Å². The van der Waals surface area contributed by atoms with Gasteiger partial charge in [0.05, 0.1) is 6.54 Å². The molecule has 0 radical (unpaired) electrons. The summed E-state index contributed by atoms with van der Waals surface area (Å²) < 4.78 is 3.68. The van der Waals surface area contributed by atoms with Crippen LogP contribution in [-0.2, 0) is 20.1 Å². The molecule has 0 unspecified atom stereocenters. The van der Waals surface area contributed by atoms with Crippen molar-refractivity contribution in [2.24, 2.45) is 7.05 Å². The summed E-state index contributed by atoms with van der Waals surface area (Å²) in [5.41, 5.74) is 0.651. The molecule has 4 heterocycles. The van der Waals surface area contributed by atoms with Gasteiger partial charge in [-0.3, -0.25) is 9.59 Å². The number of aryl methyl sites for hydroxylation is 1. The van der Waals surface area contributed by atoms with Gasteiger partial charge in [0.15, 0.2) is 5.82 Å². The van der Waals surface area contributed by atoms with Crippen LogP contribution in [0, 0.1) is 0 Å². The van der Waals surface area contributed by atoms with E-state index in [1.807, 2.05) is 39.4 Å². The summed E-state index contributed by atoms with van der Waals surface area (Å²) in [4.78, 5) is 29.0. The van der Waals surface area contributed by atoms with E-state index in [0.29, 0.717) is 37.0 Å². The predicted octanol–water partition coefficient (Wildman–Crippen LogP) is 0.899. The second-order valence-electron chi connectivity index (χ2n) is 6.68. The Balaban J connectivity index is 1.51. The molecule has 0 bridgehead atoms. The lowest BCUT2D eigenvalue weighted by atomic mass is 10.1. The maximum absolute atomic E-state index is 12.7. The van der Waals surface area contributed by atoms with Crippen molar-refractivity contribution in [2.45, 2.75) is 32.4 Å². The molecule has 1 fully saturated rings. The van der Waals surface area contributed by atoms with Crippen LogP contribution in [0.2, 0.25) is 0 Å². The molecule has 2 aliphatic heterocycles. The molecular weight excluding hydrogens is 320 g/mol. The molecule has 132 valence electrons. The van der Waals surface area contributed by atoms with E-state index in [2.05, 4.69) is 10.2 Å². The molecule has 4 rings (SSSR count). The molecule has 2 aromatic heterocycles. The molecule has 0 atom stereocenters. The third kappa shape index (κ3) is 2.81. The number of carbonyl (C=O) groups is 2. The zero-order valence-corrected chi connectivity index (χ0v) is 14.4. The highest BCUT2D eigenvalue weighted by atomic mass is 16.2. The highest BCUT2D eigenvalue weighted by Crippen LogP contribution is 2.18. The van der Waals surface area contributed by atoms with Gasteiger partial charge in [-0.15, -0.1) is 10.2 Å². The number of rotatable bonds is 2. The minimum atomic E-state index is -0.0411. The second-order valence-corrected chi connectivity index (χ2v) is 6.68. The zero-order valence-electron chi connectivity index (χ0n) is 14.4. The van der Waals surface area contributed by atoms with Crippen LogP contribution in [0.1, 0.15) is 46.2 Å². The van der Waals surface area contributed by atoms with E-state index in [9.17, 15) is 9.59 Å². The summed E-state index contributed by atoms with van der Waals surface area (Å²) in [6.45, 7) is 3.06. The van der Waals surface area contributed by atoms with Crippen LogP contribution in [-0.4, -0.2) is 60.6 Å². The van der Waals surface area contributed by atoms with E-state index >= 15 is 0 Å². The summed E-state index contributed by atoms with van der Waals surface area (Å²) in [6, 6.07) is 3.67. The third-order valence-corrected chi connectivity index (χ3v) is 5.04. The van der Waals surface area contributed by atoms with E-state index in [-0.39, 0.29) is 11.8 Å². The Hall–Kier alpha value is -2.64. The standard InChI is InChI=1S/C17H22N6O2/c1-20-7-5-6-13(20)16(24)22-10-11-23-14(12-22)18-19-15(23)17(25)21-8-3-2-4-9-21/h5-7H,2-4,8-12H2,1H3. The van der Waals surface area contributed by atoms with Crippen LogP contribution in [0.3, 0.4) is 0 Å². The van der Waals surface area contributed by atoms with Crippen LogP contribution < -0.4 is 0 Å². The Bertz CT molecular complexity index is 802. The maximum Gasteiger partial charge on any atom is 0.291 e. The summed E-state index contributed by atoms with van der Waals surface area (Å²) in [5, 5.41) is 8.30. The lowest BCUT2D eigenvalue weighted by Gasteiger charge is -2.29. The number of hydrogen-bond donors (Lipinski definition) is 0. The van der Waals surface area contributed by atoms with Crippen molar-refractivity contribution in [3.8, 4) is 0 Å². The first-order valence-corrected chi connectivity index (χ1v) is 8.77. The Morgan fingerprint density at radius 3 is 2.48 bits per heavy atom. The lowest BCUT2D eigenvalue weighted by Crippen LogP contribution is -2.41. The number of fused-ring (bicyclic) bond motifs is 1. The van der Waals surface area contributed by atoms with Crippen molar-refractivity contribution in [3.63, 3.8) is 0 Å². The van der Waals surface area contributed by atoms with Crippen LogP contribution in [0.5, 0.6) is 0 Å². The van der Waals surface area contributed by atoms with Crippen molar-refractivity contribution in [2.75, 3.05) is 19.6 Å². The zero-order chi connectivity index (χ0) is 17.4. The Labute approximate surface area is 146 Å². The molecule has 0 N–H and O–H groups in total. The van der Waals surface area contributed by atoms with Crippen LogP contribution in [0.4, 0.5) is 0 Å². The first-order chi connectivity index (χ1) is 12.1. The third-order valence-electron chi connectivity index (χ3n) is 5.04. The number of nitrogens with zero attached hydrogens (tertiary/aromatic N) is 6. The highest BCUT2D eigenvalue weighted by Gasteiger charge is 2.30. The van der Waals surface area contributed by atoms with Crippen molar-refractivity contribution in [1.82, 2.24) is 29.1 Å². The number of amides is 2. The van der Waals surface area contributed by atoms with Gasteiger partial charge in [-0.25, -0.2) is 0 Å². The molecule has 2 amide bonds. The monoisotopic (exact) mass is 342 g/mol. The van der Waals surface area contributed by atoms with Crippen molar-refractivity contribution >= 4 is 11.8 Å². The first-order valence-electron chi connectivity index (χ1n) is 8.77. The highest BCUT2D eigenvalue weighted by molar-refractivity contribution is 5.93. The van der Waals surface area contributed by atoms with Crippen molar-refractivity contribution in [1.29, 1.82) is 0 Å². The fraction of sp³-hybridized carbons (Fsp3) is 0.529. The average molecular weight is 342 g/mol. The number of likely N-dealkylation sites (tertiary alicyclic amines) is 1. The first kappa shape index (κ1) is 15.9. The van der Waals surface area contributed by atoms with Crippen LogP contribution in [0.25, 0.3) is 0 Å². The van der Waals surface area contributed by atoms with Crippen molar-refractivity contribution in [3.05, 3.63) is 35.7 Å². The van der Waals surface area contributed by atoms with Gasteiger partial charge in [0.1, 0.15) is 5.69 Å². The molecule has 25 heavy (non-hydrogen) atoms. The molecule has 0 spiro atoms. The largest absolute Gasteiger partial charge is 0.347 e. The van der Waals surface area contributed by atoms with Gasteiger partial charge in [0, 0.05) is 39.4 Å². The van der Waals surface area contributed by atoms with Gasteiger partial charge in [0.25, 0.3) is 11.8 Å². The fourth-order valence-corrected chi connectivity index (χ4v) is 3.57. The van der Waals surface area contributed by atoms with Crippen LogP contribution >= 0.6 is 0 Å². The van der Waals surface area contributed by atoms with Crippen molar-refractivity contribution < 1.29 is 9.59 Å². The summed E-state index contributed by atoms with van der Waals surface area (Å²) in [6.07, 6.45) is 5.13. The number of piperidine rings is 1. The van der Waals surface area contributed by atoms with Gasteiger partial charge in [-0.1, -0.05) is 0 Å². The van der Waals surface area contributed by atoms with Gasteiger partial charge in [-0.2, -0.15) is 0 Å². The fourth-order valence-electron chi connectivity index (χ4n) is 3.57. The summed E-state index contributed by atoms with van der Waals surface area (Å²) in [7, 11) is 1.86. The van der Waals surface area contributed by atoms with E-state index in [0.717, 1.165) is 25.9 Å². The molecule has 2 aromatic rings. The quantitative estimate of drug-likeness (QED) is 0.812. The van der Waals surface area contributed by atoms with E-state index < -0.39 is 0 Å². The molecule has 2 aliphatic rings. The predicted molar refractivity (Wildman–Crippen MR) is 89.9 cm³/mol. The lowest BCUT2D eigenvalue weighted by molar-refractivity contribution is 0.0679. The minimum absolute atomic E-state index is 0.0225. The normalized spacial score (nSPS) is 17.5.